The van der Waals surface area contributed by atoms with Gasteiger partial charge in [0.2, 0.25) is 0 Å². The highest BCUT2D eigenvalue weighted by Crippen LogP contribution is 2.22. The molecule has 128 valence electrons. The van der Waals surface area contributed by atoms with Gasteiger partial charge in [-0.2, -0.15) is 0 Å². The number of carbonyl (C=O) groups is 1. The molecule has 2 aromatic carbocycles. The normalized spacial score (nSPS) is 10.7. The van der Waals surface area contributed by atoms with Crippen molar-refractivity contribution in [3.05, 3.63) is 70.5 Å². The SMILES string of the molecule is Cc1nc(-c2nnc(NC(=O)c3ccc(-c4ccccc4)cc3)o2)cs1. The highest BCUT2D eigenvalue weighted by atomic mass is 32.1. The molecule has 0 aliphatic carbocycles. The highest BCUT2D eigenvalue weighted by Gasteiger charge is 2.14. The molecular weight excluding hydrogens is 348 g/mol. The van der Waals surface area contributed by atoms with Crippen molar-refractivity contribution in [1.82, 2.24) is 15.2 Å². The lowest BCUT2D eigenvalue weighted by Crippen LogP contribution is -2.11. The van der Waals surface area contributed by atoms with Crippen LogP contribution >= 0.6 is 11.3 Å². The largest absolute Gasteiger partial charge is 0.401 e. The lowest BCUT2D eigenvalue weighted by atomic mass is 10.0. The Morgan fingerprint density at radius 1 is 1.00 bits per heavy atom. The van der Waals surface area contributed by atoms with Crippen LogP contribution in [0, 0.1) is 6.92 Å². The summed E-state index contributed by atoms with van der Waals surface area (Å²) in [6, 6.07) is 17.4. The van der Waals surface area contributed by atoms with E-state index in [0.29, 0.717) is 11.3 Å². The smallest absolute Gasteiger partial charge is 0.322 e. The minimum Gasteiger partial charge on any atom is -0.401 e. The van der Waals surface area contributed by atoms with Gasteiger partial charge in [-0.25, -0.2) is 4.98 Å². The van der Waals surface area contributed by atoms with Gasteiger partial charge >= 0.3 is 6.01 Å². The minimum absolute atomic E-state index is 0.0442. The minimum atomic E-state index is -0.311. The Hall–Kier alpha value is -3.32. The number of benzene rings is 2. The second-order valence-electron chi connectivity index (χ2n) is 5.56. The van der Waals surface area contributed by atoms with Gasteiger partial charge in [0.25, 0.3) is 11.8 Å². The second kappa shape index (κ2) is 6.89. The fourth-order valence-corrected chi connectivity index (χ4v) is 3.04. The monoisotopic (exact) mass is 362 g/mol. The van der Waals surface area contributed by atoms with Crippen molar-refractivity contribution < 1.29 is 9.21 Å². The van der Waals surface area contributed by atoms with Crippen LogP contribution in [0.15, 0.2) is 64.4 Å². The number of carbonyl (C=O) groups excluding carboxylic acids is 1. The van der Waals surface area contributed by atoms with E-state index in [2.05, 4.69) is 20.5 Å². The Kier molecular flexibility index (Phi) is 4.28. The first-order valence-electron chi connectivity index (χ1n) is 7.92. The molecule has 0 bridgehead atoms. The maximum absolute atomic E-state index is 12.4. The van der Waals surface area contributed by atoms with E-state index < -0.39 is 0 Å². The van der Waals surface area contributed by atoms with Crippen molar-refractivity contribution in [3.63, 3.8) is 0 Å². The maximum Gasteiger partial charge on any atom is 0.322 e. The Balaban J connectivity index is 1.47. The molecule has 2 heterocycles. The van der Waals surface area contributed by atoms with E-state index in [9.17, 15) is 4.79 Å². The molecule has 0 unspecified atom stereocenters. The zero-order chi connectivity index (χ0) is 17.9. The van der Waals surface area contributed by atoms with Gasteiger partial charge in [-0.1, -0.05) is 47.6 Å². The highest BCUT2D eigenvalue weighted by molar-refractivity contribution is 7.09. The zero-order valence-corrected chi connectivity index (χ0v) is 14.7. The number of hydrogen-bond acceptors (Lipinski definition) is 6. The lowest BCUT2D eigenvalue weighted by Gasteiger charge is -2.04. The van der Waals surface area contributed by atoms with Gasteiger partial charge < -0.3 is 4.42 Å². The number of rotatable bonds is 4. The fourth-order valence-electron chi connectivity index (χ4n) is 2.45. The van der Waals surface area contributed by atoms with Crippen molar-refractivity contribution in [2.45, 2.75) is 6.92 Å². The molecule has 1 N–H and O–H groups in total. The molecule has 0 saturated heterocycles. The van der Waals surface area contributed by atoms with Crippen molar-refractivity contribution in [1.29, 1.82) is 0 Å². The molecule has 0 fully saturated rings. The number of anilines is 1. The molecule has 0 radical (unpaired) electrons. The van der Waals surface area contributed by atoms with Crippen molar-refractivity contribution in [2.24, 2.45) is 0 Å². The maximum atomic E-state index is 12.4. The van der Waals surface area contributed by atoms with Crippen molar-refractivity contribution in [3.8, 4) is 22.7 Å². The van der Waals surface area contributed by atoms with Crippen LogP contribution < -0.4 is 5.32 Å². The van der Waals surface area contributed by atoms with E-state index in [-0.39, 0.29) is 17.8 Å². The van der Waals surface area contributed by atoms with Gasteiger partial charge in [0.05, 0.1) is 5.01 Å². The lowest BCUT2D eigenvalue weighted by molar-refractivity contribution is 0.102. The van der Waals surface area contributed by atoms with Gasteiger partial charge in [-0.05, 0) is 30.2 Å². The molecule has 2 aromatic heterocycles. The summed E-state index contributed by atoms with van der Waals surface area (Å²) in [5.41, 5.74) is 3.25. The zero-order valence-electron chi connectivity index (χ0n) is 13.8. The van der Waals surface area contributed by atoms with Gasteiger partial charge in [-0.3, -0.25) is 10.1 Å². The van der Waals surface area contributed by atoms with E-state index in [1.165, 1.54) is 11.3 Å². The van der Waals surface area contributed by atoms with Crippen LogP contribution in [0.4, 0.5) is 6.01 Å². The van der Waals surface area contributed by atoms with E-state index in [0.717, 1.165) is 16.1 Å². The topological polar surface area (TPSA) is 80.9 Å². The van der Waals surface area contributed by atoms with Crippen molar-refractivity contribution in [2.75, 3.05) is 5.32 Å². The third-order valence-electron chi connectivity index (χ3n) is 3.74. The molecule has 0 aliphatic heterocycles. The van der Waals surface area contributed by atoms with Crippen LogP contribution in [-0.4, -0.2) is 21.1 Å². The first kappa shape index (κ1) is 16.2. The van der Waals surface area contributed by atoms with Gasteiger partial charge in [0.15, 0.2) is 0 Å². The summed E-state index contributed by atoms with van der Waals surface area (Å²) in [6.07, 6.45) is 0. The molecule has 4 aromatic rings. The Morgan fingerprint density at radius 2 is 1.73 bits per heavy atom. The molecule has 0 atom stereocenters. The van der Waals surface area contributed by atoms with E-state index >= 15 is 0 Å². The standard InChI is InChI=1S/C19H14N4O2S/c1-12-20-16(11-26-12)18-22-23-19(25-18)21-17(24)15-9-7-14(8-10-15)13-5-3-2-4-6-13/h2-11H,1H3,(H,21,23,24). The third-order valence-corrected chi connectivity index (χ3v) is 4.51. The molecule has 0 spiro atoms. The third kappa shape index (κ3) is 3.38. The molecule has 7 heteroatoms. The Bertz CT molecular complexity index is 1040. The van der Waals surface area contributed by atoms with Crippen LogP contribution in [0.3, 0.4) is 0 Å². The summed E-state index contributed by atoms with van der Waals surface area (Å²) >= 11 is 1.49. The van der Waals surface area contributed by atoms with Crippen LogP contribution in [0.1, 0.15) is 15.4 Å². The summed E-state index contributed by atoms with van der Waals surface area (Å²) in [7, 11) is 0. The van der Waals surface area contributed by atoms with Crippen LogP contribution in [0.2, 0.25) is 0 Å². The summed E-state index contributed by atoms with van der Waals surface area (Å²) in [6.45, 7) is 1.90. The molecule has 0 aliphatic rings. The van der Waals surface area contributed by atoms with Crippen LogP contribution in [0.5, 0.6) is 0 Å². The Morgan fingerprint density at radius 3 is 2.42 bits per heavy atom. The average molecular weight is 362 g/mol. The van der Waals surface area contributed by atoms with Crippen LogP contribution in [0.25, 0.3) is 22.7 Å². The van der Waals surface area contributed by atoms with Crippen LogP contribution in [-0.2, 0) is 0 Å². The quantitative estimate of drug-likeness (QED) is 0.581. The summed E-state index contributed by atoms with van der Waals surface area (Å²) in [4.78, 5) is 16.6. The summed E-state index contributed by atoms with van der Waals surface area (Å²) in [5, 5.41) is 13.1. The molecule has 6 nitrogen and oxygen atoms in total. The first-order chi connectivity index (χ1) is 12.7. The first-order valence-corrected chi connectivity index (χ1v) is 8.80. The molecule has 26 heavy (non-hydrogen) atoms. The number of hydrogen-bond donors (Lipinski definition) is 1. The molecular formula is C19H14N4O2S. The van der Waals surface area contributed by atoms with Gasteiger partial charge in [0.1, 0.15) is 5.69 Å². The fraction of sp³-hybridized carbons (Fsp3) is 0.0526. The predicted molar refractivity (Wildman–Crippen MR) is 100.0 cm³/mol. The van der Waals surface area contributed by atoms with E-state index in [1.54, 1.807) is 12.1 Å². The van der Waals surface area contributed by atoms with Gasteiger partial charge in [0, 0.05) is 10.9 Å². The van der Waals surface area contributed by atoms with E-state index in [4.69, 9.17) is 4.42 Å². The Labute approximate surface area is 153 Å². The number of nitrogens with zero attached hydrogens (tertiary/aromatic N) is 3. The molecule has 4 rings (SSSR count). The summed E-state index contributed by atoms with van der Waals surface area (Å²) in [5.74, 6) is -0.0293. The van der Waals surface area contributed by atoms with E-state index in [1.807, 2.05) is 54.8 Å². The molecule has 0 saturated carbocycles. The number of aryl methyl sites for hydroxylation is 1. The number of aromatic nitrogens is 3. The van der Waals surface area contributed by atoms with Gasteiger partial charge in [-0.15, -0.1) is 16.4 Å². The van der Waals surface area contributed by atoms with Crippen molar-refractivity contribution >= 4 is 23.3 Å². The molecule has 1 amide bonds. The predicted octanol–water partition coefficient (Wildman–Crippen LogP) is 4.42. The average Bonchev–Trinajstić information content (AvgIpc) is 3.31. The number of amides is 1. The second-order valence-corrected chi connectivity index (χ2v) is 6.62. The number of nitrogens with one attached hydrogen (secondary N) is 1. The number of thiazole rings is 1. The summed E-state index contributed by atoms with van der Waals surface area (Å²) < 4.78 is 5.46.